The Morgan fingerprint density at radius 1 is 1.42 bits per heavy atom. The van der Waals surface area contributed by atoms with E-state index in [1.54, 1.807) is 15.8 Å². The van der Waals surface area contributed by atoms with E-state index in [-0.39, 0.29) is 24.4 Å². The fourth-order valence-corrected chi connectivity index (χ4v) is 3.64. The van der Waals surface area contributed by atoms with Crippen LogP contribution in [0.2, 0.25) is 0 Å². The Labute approximate surface area is 160 Å². The normalized spacial score (nSPS) is 17.5. The van der Waals surface area contributed by atoms with Gasteiger partial charge in [0.25, 0.3) is 0 Å². The van der Waals surface area contributed by atoms with Crippen molar-refractivity contribution in [2.45, 2.75) is 39.7 Å². The van der Waals surface area contributed by atoms with E-state index in [1.807, 2.05) is 19.9 Å². The van der Waals surface area contributed by atoms with Crippen molar-refractivity contribution in [3.63, 3.8) is 0 Å². The van der Waals surface area contributed by atoms with Crippen molar-refractivity contribution in [2.24, 2.45) is 5.92 Å². The van der Waals surface area contributed by atoms with Gasteiger partial charge in [-0.1, -0.05) is 6.92 Å². The molecule has 26 heavy (non-hydrogen) atoms. The Morgan fingerprint density at radius 2 is 2.23 bits per heavy atom. The van der Waals surface area contributed by atoms with E-state index in [1.165, 1.54) is 0 Å². The van der Waals surface area contributed by atoms with Gasteiger partial charge in [-0.05, 0) is 41.8 Å². The van der Waals surface area contributed by atoms with Crippen molar-refractivity contribution in [3.8, 4) is 0 Å². The summed E-state index contributed by atoms with van der Waals surface area (Å²) in [5.41, 5.74) is 1.67. The number of likely N-dealkylation sites (tertiary alicyclic amines) is 1. The quantitative estimate of drug-likeness (QED) is 0.692. The average Bonchev–Trinajstić information content (AvgIpc) is 2.96. The number of rotatable bonds is 5. The summed E-state index contributed by atoms with van der Waals surface area (Å²) in [6.07, 6.45) is 3.81. The topological polar surface area (TPSA) is 77.3 Å². The molecule has 0 spiro atoms. The van der Waals surface area contributed by atoms with Crippen molar-refractivity contribution in [1.29, 1.82) is 0 Å². The zero-order chi connectivity index (χ0) is 18.7. The average molecular weight is 423 g/mol. The maximum absolute atomic E-state index is 12.3. The number of hydrogen-bond donors (Lipinski definition) is 0. The van der Waals surface area contributed by atoms with Crippen molar-refractivity contribution in [3.05, 3.63) is 22.4 Å². The zero-order valence-electron chi connectivity index (χ0n) is 15.1. The molecule has 0 N–H and O–H groups in total. The molecule has 0 unspecified atom stereocenters. The van der Waals surface area contributed by atoms with Crippen LogP contribution < -0.4 is 0 Å². The first-order valence-corrected chi connectivity index (χ1v) is 9.72. The summed E-state index contributed by atoms with van der Waals surface area (Å²) in [7, 11) is 0. The number of nitrogens with zero attached hydrogens (tertiary/aromatic N) is 4. The summed E-state index contributed by atoms with van der Waals surface area (Å²) in [4.78, 5) is 30.3. The lowest BCUT2D eigenvalue weighted by Gasteiger charge is -2.31. The smallest absolute Gasteiger partial charge is 0.310 e. The minimum atomic E-state index is -0.234. The Hall–Kier alpha value is -1.96. The van der Waals surface area contributed by atoms with E-state index in [0.717, 1.165) is 40.6 Å². The second-order valence-corrected chi connectivity index (χ2v) is 7.45. The number of hydrogen-bond acceptors (Lipinski definition) is 5. The maximum atomic E-state index is 12.3. The van der Waals surface area contributed by atoms with Crippen LogP contribution in [0.4, 0.5) is 0 Å². The molecule has 1 atom stereocenters. The number of carbonyl (C=O) groups is 2. The molecule has 1 fully saturated rings. The summed E-state index contributed by atoms with van der Waals surface area (Å²) in [6.45, 7) is 5.66. The van der Waals surface area contributed by atoms with Gasteiger partial charge in [-0.15, -0.1) is 0 Å². The van der Waals surface area contributed by atoms with Crippen LogP contribution in [0.5, 0.6) is 0 Å². The summed E-state index contributed by atoms with van der Waals surface area (Å²) < 4.78 is 8.12. The standard InChI is InChI=1S/C18H23BrN4O3/c1-3-16(24)22-6-4-5-13(11-22)18(25)26-8-7-23-17-15(12(2)21-23)9-14(19)10-20-17/h9-10,13H,3-8,11H2,1-2H3/t13-/m1/s1. The number of aromatic nitrogens is 3. The molecule has 0 bridgehead atoms. The monoisotopic (exact) mass is 422 g/mol. The molecule has 3 heterocycles. The summed E-state index contributed by atoms with van der Waals surface area (Å²) in [6, 6.07) is 1.98. The molecule has 0 radical (unpaired) electrons. The molecule has 1 amide bonds. The number of carbonyl (C=O) groups excluding carboxylic acids is 2. The number of aryl methyl sites for hydroxylation is 1. The molecule has 1 saturated heterocycles. The summed E-state index contributed by atoms with van der Waals surface area (Å²) >= 11 is 3.41. The highest BCUT2D eigenvalue weighted by atomic mass is 79.9. The van der Waals surface area contributed by atoms with Crippen LogP contribution in [0.15, 0.2) is 16.7 Å². The van der Waals surface area contributed by atoms with E-state index in [4.69, 9.17) is 4.74 Å². The number of esters is 1. The van der Waals surface area contributed by atoms with E-state index in [0.29, 0.717) is 19.5 Å². The molecule has 2 aromatic heterocycles. The molecule has 3 rings (SSSR count). The predicted octanol–water partition coefficient (Wildman–Crippen LogP) is 2.69. The largest absolute Gasteiger partial charge is 0.463 e. The first-order valence-electron chi connectivity index (χ1n) is 8.92. The van der Waals surface area contributed by atoms with Gasteiger partial charge in [-0.25, -0.2) is 9.67 Å². The second-order valence-electron chi connectivity index (χ2n) is 6.53. The Balaban J connectivity index is 1.56. The molecule has 0 aromatic carbocycles. The Kier molecular flexibility index (Phi) is 5.90. The maximum Gasteiger partial charge on any atom is 0.310 e. The molecule has 1 aliphatic heterocycles. The number of piperidine rings is 1. The first-order chi connectivity index (χ1) is 12.5. The van der Waals surface area contributed by atoms with Gasteiger partial charge in [0.2, 0.25) is 5.91 Å². The van der Waals surface area contributed by atoms with Crippen LogP contribution in [0.3, 0.4) is 0 Å². The third-order valence-electron chi connectivity index (χ3n) is 4.70. The minimum absolute atomic E-state index is 0.0956. The van der Waals surface area contributed by atoms with Crippen molar-refractivity contribution in [2.75, 3.05) is 19.7 Å². The van der Waals surface area contributed by atoms with Crippen LogP contribution in [0.1, 0.15) is 31.9 Å². The third kappa shape index (κ3) is 4.06. The van der Waals surface area contributed by atoms with Crippen molar-refractivity contribution >= 4 is 38.8 Å². The lowest BCUT2D eigenvalue weighted by atomic mass is 9.98. The van der Waals surface area contributed by atoms with Crippen LogP contribution in [-0.4, -0.2) is 51.2 Å². The van der Waals surface area contributed by atoms with Gasteiger partial charge in [0.05, 0.1) is 18.2 Å². The first kappa shape index (κ1) is 18.8. The highest BCUT2D eigenvalue weighted by molar-refractivity contribution is 9.10. The Morgan fingerprint density at radius 3 is 3.00 bits per heavy atom. The summed E-state index contributed by atoms with van der Waals surface area (Å²) in [5.74, 6) is -0.370. The van der Waals surface area contributed by atoms with Gasteiger partial charge < -0.3 is 9.64 Å². The summed E-state index contributed by atoms with van der Waals surface area (Å²) in [5, 5.41) is 5.45. The molecular formula is C18H23BrN4O3. The fraction of sp³-hybridized carbons (Fsp3) is 0.556. The number of pyridine rings is 1. The highest BCUT2D eigenvalue weighted by Crippen LogP contribution is 2.21. The van der Waals surface area contributed by atoms with Gasteiger partial charge in [0.15, 0.2) is 5.65 Å². The number of fused-ring (bicyclic) bond motifs is 1. The van der Waals surface area contributed by atoms with Crippen LogP contribution in [-0.2, 0) is 20.9 Å². The lowest BCUT2D eigenvalue weighted by Crippen LogP contribution is -2.42. The van der Waals surface area contributed by atoms with Crippen molar-refractivity contribution < 1.29 is 14.3 Å². The van der Waals surface area contributed by atoms with Crippen LogP contribution in [0, 0.1) is 12.8 Å². The van der Waals surface area contributed by atoms with Gasteiger partial charge in [-0.2, -0.15) is 5.10 Å². The van der Waals surface area contributed by atoms with E-state index in [2.05, 4.69) is 26.0 Å². The van der Waals surface area contributed by atoms with Gasteiger partial charge in [0.1, 0.15) is 6.61 Å². The highest BCUT2D eigenvalue weighted by Gasteiger charge is 2.28. The van der Waals surface area contributed by atoms with Gasteiger partial charge >= 0.3 is 5.97 Å². The second kappa shape index (κ2) is 8.16. The fourth-order valence-electron chi connectivity index (χ4n) is 3.31. The number of halogens is 1. The predicted molar refractivity (Wildman–Crippen MR) is 101 cm³/mol. The lowest BCUT2D eigenvalue weighted by molar-refractivity contribution is -0.152. The SMILES string of the molecule is CCC(=O)N1CCC[C@@H](C(=O)OCCn2nc(C)c3cc(Br)cnc32)C1. The molecule has 1 aliphatic rings. The molecule has 2 aromatic rings. The van der Waals surface area contributed by atoms with E-state index in [9.17, 15) is 9.59 Å². The molecule has 0 aliphatic carbocycles. The van der Waals surface area contributed by atoms with E-state index >= 15 is 0 Å². The minimum Gasteiger partial charge on any atom is -0.463 e. The molecule has 7 nitrogen and oxygen atoms in total. The molecule has 0 saturated carbocycles. The third-order valence-corrected chi connectivity index (χ3v) is 5.13. The Bertz CT molecular complexity index is 820. The molecule has 140 valence electrons. The van der Waals surface area contributed by atoms with Gasteiger partial charge in [0, 0.05) is 35.6 Å². The van der Waals surface area contributed by atoms with Gasteiger partial charge in [-0.3, -0.25) is 9.59 Å². The van der Waals surface area contributed by atoms with Crippen LogP contribution >= 0.6 is 15.9 Å². The van der Waals surface area contributed by atoms with E-state index < -0.39 is 0 Å². The molecule has 8 heteroatoms. The number of amides is 1. The number of ether oxygens (including phenoxy) is 1. The van der Waals surface area contributed by atoms with Crippen LogP contribution in [0.25, 0.3) is 11.0 Å². The molecular weight excluding hydrogens is 400 g/mol. The van der Waals surface area contributed by atoms with Crippen molar-refractivity contribution in [1.82, 2.24) is 19.7 Å². The zero-order valence-corrected chi connectivity index (χ0v) is 16.7.